The second-order valence-electron chi connectivity index (χ2n) is 8.44. The molecule has 33 heavy (non-hydrogen) atoms. The van der Waals surface area contributed by atoms with E-state index in [-0.39, 0.29) is 17.6 Å². The molecule has 9 heteroatoms. The summed E-state index contributed by atoms with van der Waals surface area (Å²) in [6.45, 7) is 3.09. The van der Waals surface area contributed by atoms with Gasteiger partial charge in [0, 0.05) is 49.4 Å². The molecule has 1 fully saturated rings. The summed E-state index contributed by atoms with van der Waals surface area (Å²) in [4.78, 5) is 19.4. The SMILES string of the molecule is Cc1nn(C)cc1-c1cc(C(=O)N2CCCC(c3ncc(Cc4ccc(Cl)cc4)o3)C2)on1. The number of hydrogen-bond donors (Lipinski definition) is 0. The molecule has 1 atom stereocenters. The van der Waals surface area contributed by atoms with Crippen LogP contribution in [0.4, 0.5) is 0 Å². The van der Waals surface area contributed by atoms with Gasteiger partial charge >= 0.3 is 0 Å². The molecular weight excluding hydrogens is 442 g/mol. The van der Waals surface area contributed by atoms with E-state index in [1.165, 1.54) is 0 Å². The van der Waals surface area contributed by atoms with Crippen molar-refractivity contribution < 1.29 is 13.7 Å². The number of carbonyl (C=O) groups excluding carboxylic acids is 1. The zero-order chi connectivity index (χ0) is 22.9. The number of nitrogens with zero attached hydrogens (tertiary/aromatic N) is 5. The van der Waals surface area contributed by atoms with E-state index in [0.717, 1.165) is 35.4 Å². The van der Waals surface area contributed by atoms with E-state index < -0.39 is 0 Å². The van der Waals surface area contributed by atoms with Crippen molar-refractivity contribution in [2.24, 2.45) is 7.05 Å². The predicted octanol–water partition coefficient (Wildman–Crippen LogP) is 4.64. The van der Waals surface area contributed by atoms with Crippen LogP contribution >= 0.6 is 11.6 Å². The Kier molecular flexibility index (Phi) is 5.76. The Bertz CT molecular complexity index is 1270. The summed E-state index contributed by atoms with van der Waals surface area (Å²) in [5.74, 6) is 1.56. The lowest BCUT2D eigenvalue weighted by atomic mass is 9.98. The van der Waals surface area contributed by atoms with Crippen LogP contribution in [0.1, 0.15) is 52.2 Å². The maximum absolute atomic E-state index is 13.1. The Morgan fingerprint density at radius 3 is 2.85 bits per heavy atom. The van der Waals surface area contributed by atoms with Crippen molar-refractivity contribution in [3.63, 3.8) is 0 Å². The zero-order valence-electron chi connectivity index (χ0n) is 18.5. The summed E-state index contributed by atoms with van der Waals surface area (Å²) < 4.78 is 13.1. The highest BCUT2D eigenvalue weighted by molar-refractivity contribution is 6.30. The highest BCUT2D eigenvalue weighted by Crippen LogP contribution is 2.29. The van der Waals surface area contributed by atoms with E-state index >= 15 is 0 Å². The van der Waals surface area contributed by atoms with Gasteiger partial charge in [0.25, 0.3) is 5.91 Å². The van der Waals surface area contributed by atoms with Crippen LogP contribution in [0.3, 0.4) is 0 Å². The standard InChI is InChI=1S/C24H24ClN5O3/c1-15-20(14-29(2)27-15)21-11-22(33-28-21)24(31)30-9-3-4-17(13-30)23-26-12-19(32-23)10-16-5-7-18(25)8-6-16/h5-8,11-12,14,17H,3-4,9-10,13H2,1-2H3. The zero-order valence-corrected chi connectivity index (χ0v) is 19.2. The van der Waals surface area contributed by atoms with Crippen LogP contribution in [0.15, 0.2) is 51.7 Å². The van der Waals surface area contributed by atoms with Gasteiger partial charge in [0.05, 0.1) is 17.8 Å². The Morgan fingerprint density at radius 2 is 2.09 bits per heavy atom. The van der Waals surface area contributed by atoms with Crippen molar-refractivity contribution >= 4 is 17.5 Å². The van der Waals surface area contributed by atoms with Crippen molar-refractivity contribution in [2.75, 3.05) is 13.1 Å². The molecule has 8 nitrogen and oxygen atoms in total. The molecular formula is C24H24ClN5O3. The molecule has 0 radical (unpaired) electrons. The van der Waals surface area contributed by atoms with Crippen LogP contribution in [0.25, 0.3) is 11.3 Å². The van der Waals surface area contributed by atoms with E-state index in [4.69, 9.17) is 20.5 Å². The lowest BCUT2D eigenvalue weighted by molar-refractivity contribution is 0.0656. The molecule has 1 aliphatic rings. The summed E-state index contributed by atoms with van der Waals surface area (Å²) in [6, 6.07) is 9.37. The smallest absolute Gasteiger partial charge is 0.292 e. The number of amides is 1. The third-order valence-corrected chi connectivity index (χ3v) is 6.18. The van der Waals surface area contributed by atoms with Gasteiger partial charge in [-0.2, -0.15) is 5.10 Å². The van der Waals surface area contributed by atoms with Crippen molar-refractivity contribution in [2.45, 2.75) is 32.1 Å². The number of aromatic nitrogens is 4. The van der Waals surface area contributed by atoms with Gasteiger partial charge < -0.3 is 13.8 Å². The molecule has 5 rings (SSSR count). The summed E-state index contributed by atoms with van der Waals surface area (Å²) in [6.07, 6.45) is 6.07. The minimum Gasteiger partial charge on any atom is -0.445 e. The highest BCUT2D eigenvalue weighted by atomic mass is 35.5. The largest absolute Gasteiger partial charge is 0.445 e. The van der Waals surface area contributed by atoms with Crippen LogP contribution in [0.2, 0.25) is 5.02 Å². The van der Waals surface area contributed by atoms with Crippen molar-refractivity contribution in [1.82, 2.24) is 24.8 Å². The van der Waals surface area contributed by atoms with Gasteiger partial charge in [0.15, 0.2) is 5.89 Å². The quantitative estimate of drug-likeness (QED) is 0.426. The third-order valence-electron chi connectivity index (χ3n) is 5.93. The maximum atomic E-state index is 13.1. The normalized spacial score (nSPS) is 16.3. The van der Waals surface area contributed by atoms with Gasteiger partial charge in [-0.05, 0) is 37.5 Å². The average molecular weight is 466 g/mol. The number of likely N-dealkylation sites (tertiary alicyclic amines) is 1. The topological polar surface area (TPSA) is 90.2 Å². The van der Waals surface area contributed by atoms with Crippen LogP contribution in [-0.2, 0) is 13.5 Å². The molecule has 0 aliphatic carbocycles. The van der Waals surface area contributed by atoms with Crippen molar-refractivity contribution in [3.8, 4) is 11.3 Å². The summed E-state index contributed by atoms with van der Waals surface area (Å²) in [5, 5.41) is 9.12. The number of piperidine rings is 1. The molecule has 4 aromatic rings. The Morgan fingerprint density at radius 1 is 1.27 bits per heavy atom. The van der Waals surface area contributed by atoms with Gasteiger partial charge in [-0.15, -0.1) is 0 Å². The number of aryl methyl sites for hydroxylation is 2. The Labute approximate surface area is 196 Å². The molecule has 1 aliphatic heterocycles. The summed E-state index contributed by atoms with van der Waals surface area (Å²) in [5.41, 5.74) is 3.40. The molecule has 3 aromatic heterocycles. The molecule has 4 heterocycles. The lowest BCUT2D eigenvalue weighted by Crippen LogP contribution is -2.39. The van der Waals surface area contributed by atoms with E-state index in [2.05, 4.69) is 15.2 Å². The molecule has 1 saturated heterocycles. The molecule has 0 saturated carbocycles. The minimum absolute atomic E-state index is 0.0460. The van der Waals surface area contributed by atoms with Crippen molar-refractivity contribution in [3.05, 3.63) is 76.4 Å². The first kappa shape index (κ1) is 21.5. The van der Waals surface area contributed by atoms with Crippen LogP contribution in [-0.4, -0.2) is 43.8 Å². The number of carbonyl (C=O) groups is 1. The molecule has 0 bridgehead atoms. The molecule has 0 N–H and O–H groups in total. The monoisotopic (exact) mass is 465 g/mol. The third kappa shape index (κ3) is 4.57. The average Bonchev–Trinajstić information content (AvgIpc) is 3.55. The van der Waals surface area contributed by atoms with Crippen LogP contribution in [0, 0.1) is 6.92 Å². The maximum Gasteiger partial charge on any atom is 0.292 e. The molecule has 170 valence electrons. The fraction of sp³-hybridized carbons (Fsp3) is 0.333. The van der Waals surface area contributed by atoms with E-state index in [1.54, 1.807) is 21.8 Å². The molecule has 1 unspecified atom stereocenters. The van der Waals surface area contributed by atoms with Crippen LogP contribution < -0.4 is 0 Å². The van der Waals surface area contributed by atoms with E-state index in [1.807, 2.05) is 44.4 Å². The van der Waals surface area contributed by atoms with E-state index in [9.17, 15) is 4.79 Å². The fourth-order valence-corrected chi connectivity index (χ4v) is 4.40. The second-order valence-corrected chi connectivity index (χ2v) is 8.87. The summed E-state index contributed by atoms with van der Waals surface area (Å²) in [7, 11) is 1.85. The number of hydrogen-bond acceptors (Lipinski definition) is 6. The highest BCUT2D eigenvalue weighted by Gasteiger charge is 2.30. The van der Waals surface area contributed by atoms with E-state index in [0.29, 0.717) is 36.1 Å². The number of benzene rings is 1. The van der Waals surface area contributed by atoms with Gasteiger partial charge in [-0.25, -0.2) is 4.98 Å². The molecule has 1 amide bonds. The predicted molar refractivity (Wildman–Crippen MR) is 122 cm³/mol. The van der Waals surface area contributed by atoms with Gasteiger partial charge in [-0.3, -0.25) is 9.48 Å². The summed E-state index contributed by atoms with van der Waals surface area (Å²) >= 11 is 5.96. The van der Waals surface area contributed by atoms with Crippen LogP contribution in [0.5, 0.6) is 0 Å². The minimum atomic E-state index is -0.173. The Balaban J connectivity index is 1.26. The first-order chi connectivity index (χ1) is 16.0. The second kappa shape index (κ2) is 8.86. The van der Waals surface area contributed by atoms with Crippen molar-refractivity contribution in [1.29, 1.82) is 0 Å². The van der Waals surface area contributed by atoms with Gasteiger partial charge in [-0.1, -0.05) is 28.9 Å². The molecule has 1 aromatic carbocycles. The lowest BCUT2D eigenvalue weighted by Gasteiger charge is -2.30. The number of halogens is 1. The Hall–Kier alpha value is -3.39. The molecule has 0 spiro atoms. The first-order valence-corrected chi connectivity index (χ1v) is 11.3. The number of rotatable bonds is 5. The first-order valence-electron chi connectivity index (χ1n) is 10.9. The van der Waals surface area contributed by atoms with Gasteiger partial charge in [0.1, 0.15) is 11.5 Å². The van der Waals surface area contributed by atoms with Gasteiger partial charge in [0.2, 0.25) is 5.76 Å². The fourth-order valence-electron chi connectivity index (χ4n) is 4.27. The number of oxazole rings is 1.